The molecule has 0 aromatic heterocycles. The number of benzene rings is 2. The number of alkyl halides is 3. The quantitative estimate of drug-likeness (QED) is 0.690. The Hall–Kier alpha value is -1.92. The minimum atomic E-state index is -4.51. The molecule has 0 radical (unpaired) electrons. The van der Waals surface area contributed by atoms with Crippen LogP contribution in [0.4, 0.5) is 17.6 Å². The minimum absolute atomic E-state index is 0.0339. The molecule has 1 heterocycles. The highest BCUT2D eigenvalue weighted by Crippen LogP contribution is 2.58. The van der Waals surface area contributed by atoms with E-state index in [0.717, 1.165) is 6.07 Å². The number of ether oxygens (including phenoxy) is 1. The highest BCUT2D eigenvalue weighted by molar-refractivity contribution is 5.41. The molecule has 0 spiro atoms. The molecular weight excluding hydrogens is 300 g/mol. The molecule has 2 atom stereocenters. The Balaban J connectivity index is 2.00. The van der Waals surface area contributed by atoms with Gasteiger partial charge in [0.1, 0.15) is 17.5 Å². The van der Waals surface area contributed by atoms with Gasteiger partial charge in [0.15, 0.2) is 0 Å². The zero-order valence-corrected chi connectivity index (χ0v) is 11.3. The molecule has 22 heavy (non-hydrogen) atoms. The molecule has 1 aliphatic rings. The number of aliphatic hydroxyl groups excluding tert-OH is 1. The average molecular weight is 312 g/mol. The summed E-state index contributed by atoms with van der Waals surface area (Å²) in [7, 11) is 0. The van der Waals surface area contributed by atoms with Crippen LogP contribution >= 0.6 is 0 Å². The van der Waals surface area contributed by atoms with Gasteiger partial charge in [-0.1, -0.05) is 30.3 Å². The second-order valence-corrected chi connectivity index (χ2v) is 5.14. The molecule has 116 valence electrons. The van der Waals surface area contributed by atoms with Gasteiger partial charge in [-0.2, -0.15) is 13.2 Å². The van der Waals surface area contributed by atoms with Crippen molar-refractivity contribution in [2.45, 2.75) is 17.9 Å². The standard InChI is InChI=1S/C16H12F4O2/c17-11-7-5-10(6-8-11)15(9-21)14(22-15)12-3-1-2-4-13(12)16(18,19)20/h1-8,14,21H,9H2. The van der Waals surface area contributed by atoms with Crippen molar-refractivity contribution in [3.05, 3.63) is 71.0 Å². The van der Waals surface area contributed by atoms with Gasteiger partial charge in [-0.15, -0.1) is 0 Å². The van der Waals surface area contributed by atoms with Crippen LogP contribution in [-0.2, 0) is 16.5 Å². The first-order valence-corrected chi connectivity index (χ1v) is 6.59. The number of halogens is 4. The van der Waals surface area contributed by atoms with Gasteiger partial charge >= 0.3 is 6.18 Å². The summed E-state index contributed by atoms with van der Waals surface area (Å²) in [6, 6.07) is 10.3. The van der Waals surface area contributed by atoms with Gasteiger partial charge in [0.25, 0.3) is 0 Å². The van der Waals surface area contributed by atoms with E-state index in [4.69, 9.17) is 4.74 Å². The molecule has 1 N–H and O–H groups in total. The van der Waals surface area contributed by atoms with Crippen LogP contribution in [0.15, 0.2) is 48.5 Å². The second kappa shape index (κ2) is 5.07. The molecule has 0 amide bonds. The summed E-state index contributed by atoms with van der Waals surface area (Å²) in [5.41, 5.74) is -1.64. The first-order valence-electron chi connectivity index (χ1n) is 6.59. The summed E-state index contributed by atoms with van der Waals surface area (Å²) in [4.78, 5) is 0. The molecule has 1 aliphatic heterocycles. The summed E-state index contributed by atoms with van der Waals surface area (Å²) in [6.45, 7) is -0.491. The zero-order valence-electron chi connectivity index (χ0n) is 11.3. The highest BCUT2D eigenvalue weighted by Gasteiger charge is 2.60. The highest BCUT2D eigenvalue weighted by atomic mass is 19.4. The SMILES string of the molecule is OCC1(c2ccc(F)cc2)OC1c1ccccc1C(F)(F)F. The summed E-state index contributed by atoms with van der Waals surface area (Å²) in [5, 5.41) is 9.60. The Morgan fingerprint density at radius 1 is 1.05 bits per heavy atom. The van der Waals surface area contributed by atoms with Crippen molar-refractivity contribution in [3.8, 4) is 0 Å². The Bertz CT molecular complexity index is 681. The topological polar surface area (TPSA) is 32.8 Å². The van der Waals surface area contributed by atoms with E-state index in [1.165, 1.54) is 42.5 Å². The van der Waals surface area contributed by atoms with Gasteiger partial charge in [-0.05, 0) is 29.3 Å². The maximum atomic E-state index is 13.1. The van der Waals surface area contributed by atoms with Crippen LogP contribution < -0.4 is 0 Å². The van der Waals surface area contributed by atoms with Crippen molar-refractivity contribution in [3.63, 3.8) is 0 Å². The first-order chi connectivity index (χ1) is 10.4. The Morgan fingerprint density at radius 2 is 1.68 bits per heavy atom. The van der Waals surface area contributed by atoms with Crippen molar-refractivity contribution < 1.29 is 27.4 Å². The van der Waals surface area contributed by atoms with Crippen LogP contribution in [0.2, 0.25) is 0 Å². The zero-order chi connectivity index (χ0) is 16.0. The molecule has 2 nitrogen and oxygen atoms in total. The van der Waals surface area contributed by atoms with Crippen molar-refractivity contribution in [2.75, 3.05) is 6.61 Å². The maximum Gasteiger partial charge on any atom is 0.416 e. The first kappa shape index (κ1) is 15.0. The molecule has 2 aromatic carbocycles. The lowest BCUT2D eigenvalue weighted by Crippen LogP contribution is -2.17. The van der Waals surface area contributed by atoms with Crippen molar-refractivity contribution in [1.82, 2.24) is 0 Å². The smallest absolute Gasteiger partial charge is 0.393 e. The summed E-state index contributed by atoms with van der Waals surface area (Å²) in [5.74, 6) is -0.468. The van der Waals surface area contributed by atoms with Crippen molar-refractivity contribution >= 4 is 0 Å². The summed E-state index contributed by atoms with van der Waals surface area (Å²) in [6.07, 6.45) is -5.42. The molecule has 2 unspecified atom stereocenters. The van der Waals surface area contributed by atoms with Crippen LogP contribution in [-0.4, -0.2) is 11.7 Å². The lowest BCUT2D eigenvalue weighted by molar-refractivity contribution is -0.138. The largest absolute Gasteiger partial charge is 0.416 e. The summed E-state index contributed by atoms with van der Waals surface area (Å²) >= 11 is 0. The molecule has 1 fully saturated rings. The van der Waals surface area contributed by atoms with Gasteiger partial charge in [0, 0.05) is 0 Å². The third kappa shape index (κ3) is 2.38. The molecule has 0 saturated carbocycles. The molecule has 1 saturated heterocycles. The molecule has 0 bridgehead atoms. The van der Waals surface area contributed by atoms with Crippen LogP contribution in [0.1, 0.15) is 22.8 Å². The molecular formula is C16H12F4O2. The monoisotopic (exact) mass is 312 g/mol. The van der Waals surface area contributed by atoms with Crippen molar-refractivity contribution in [2.24, 2.45) is 0 Å². The van der Waals surface area contributed by atoms with Gasteiger partial charge < -0.3 is 9.84 Å². The number of epoxide rings is 1. The van der Waals surface area contributed by atoms with Crippen LogP contribution in [0, 0.1) is 5.82 Å². The third-order valence-electron chi connectivity index (χ3n) is 3.81. The lowest BCUT2D eigenvalue weighted by Gasteiger charge is -2.14. The molecule has 2 aromatic rings. The minimum Gasteiger partial charge on any atom is -0.393 e. The fourth-order valence-corrected chi connectivity index (χ4v) is 2.64. The Morgan fingerprint density at radius 3 is 2.27 bits per heavy atom. The van der Waals surface area contributed by atoms with E-state index in [9.17, 15) is 22.7 Å². The number of aliphatic hydroxyl groups is 1. The van der Waals surface area contributed by atoms with E-state index in [0.29, 0.717) is 5.56 Å². The number of hydrogen-bond donors (Lipinski definition) is 1. The van der Waals surface area contributed by atoms with Crippen LogP contribution in [0.25, 0.3) is 0 Å². The molecule has 0 aliphatic carbocycles. The van der Waals surface area contributed by atoms with Crippen LogP contribution in [0.5, 0.6) is 0 Å². The predicted molar refractivity (Wildman–Crippen MR) is 70.4 cm³/mol. The number of rotatable bonds is 3. The lowest BCUT2D eigenvalue weighted by atomic mass is 9.90. The van der Waals surface area contributed by atoms with Gasteiger partial charge in [-0.3, -0.25) is 0 Å². The van der Waals surface area contributed by atoms with Crippen LogP contribution in [0.3, 0.4) is 0 Å². The maximum absolute atomic E-state index is 13.1. The third-order valence-corrected chi connectivity index (χ3v) is 3.81. The average Bonchev–Trinajstić information content (AvgIpc) is 3.23. The second-order valence-electron chi connectivity index (χ2n) is 5.14. The van der Waals surface area contributed by atoms with Gasteiger partial charge in [0.2, 0.25) is 0 Å². The Labute approximate surface area is 124 Å². The van der Waals surface area contributed by atoms with E-state index in [1.54, 1.807) is 0 Å². The fraction of sp³-hybridized carbons (Fsp3) is 0.250. The van der Waals surface area contributed by atoms with E-state index >= 15 is 0 Å². The fourth-order valence-electron chi connectivity index (χ4n) is 2.64. The Kier molecular flexibility index (Phi) is 3.45. The molecule has 6 heteroatoms. The molecule has 3 rings (SSSR count). The van der Waals surface area contributed by atoms with Gasteiger partial charge in [-0.25, -0.2) is 4.39 Å². The van der Waals surface area contributed by atoms with E-state index in [1.807, 2.05) is 0 Å². The summed E-state index contributed by atoms with van der Waals surface area (Å²) < 4.78 is 57.7. The van der Waals surface area contributed by atoms with E-state index < -0.39 is 35.9 Å². The normalized spacial score (nSPS) is 24.3. The van der Waals surface area contributed by atoms with E-state index in [-0.39, 0.29) is 5.56 Å². The predicted octanol–water partition coefficient (Wildman–Crippen LogP) is 3.80. The number of hydrogen-bond acceptors (Lipinski definition) is 2. The van der Waals surface area contributed by atoms with Crippen molar-refractivity contribution in [1.29, 1.82) is 0 Å². The van der Waals surface area contributed by atoms with Gasteiger partial charge in [0.05, 0.1) is 12.2 Å². The van der Waals surface area contributed by atoms with E-state index in [2.05, 4.69) is 0 Å².